The lowest BCUT2D eigenvalue weighted by Gasteiger charge is -2.06. The van der Waals surface area contributed by atoms with Crippen LogP contribution in [0.2, 0.25) is 0 Å². The molecule has 16 heavy (non-hydrogen) atoms. The Labute approximate surface area is 98.3 Å². The molecule has 0 aliphatic heterocycles. The van der Waals surface area contributed by atoms with Crippen LogP contribution in [-0.2, 0) is 6.54 Å². The Bertz CT molecular complexity index is 319. The first-order valence-corrected chi connectivity index (χ1v) is 6.57. The Balaban J connectivity index is 1.83. The Morgan fingerprint density at radius 1 is 1.44 bits per heavy atom. The molecule has 2 rings (SSSR count). The molecule has 0 bridgehead atoms. The predicted octanol–water partition coefficient (Wildman–Crippen LogP) is 2.40. The molecule has 0 aromatic carbocycles. The van der Waals surface area contributed by atoms with E-state index in [-0.39, 0.29) is 0 Å². The van der Waals surface area contributed by atoms with Gasteiger partial charge < -0.3 is 9.88 Å². The SMILES string of the molecule is CCCNCC1CC1c1cncn1CCC. The summed E-state index contributed by atoms with van der Waals surface area (Å²) in [7, 11) is 0. The molecule has 1 aromatic rings. The largest absolute Gasteiger partial charge is 0.334 e. The van der Waals surface area contributed by atoms with Crippen LogP contribution in [-0.4, -0.2) is 22.6 Å². The van der Waals surface area contributed by atoms with Crippen molar-refractivity contribution in [1.82, 2.24) is 14.9 Å². The van der Waals surface area contributed by atoms with Crippen LogP contribution in [0, 0.1) is 5.92 Å². The third-order valence-corrected chi connectivity index (χ3v) is 3.34. The van der Waals surface area contributed by atoms with Crippen molar-refractivity contribution in [3.8, 4) is 0 Å². The first-order valence-electron chi connectivity index (χ1n) is 6.57. The lowest BCUT2D eigenvalue weighted by atomic mass is 10.2. The van der Waals surface area contributed by atoms with Gasteiger partial charge in [-0.1, -0.05) is 13.8 Å². The van der Waals surface area contributed by atoms with E-state index in [2.05, 4.69) is 34.9 Å². The lowest BCUT2D eigenvalue weighted by Crippen LogP contribution is -2.18. The van der Waals surface area contributed by atoms with Gasteiger partial charge in [-0.05, 0) is 38.3 Å². The van der Waals surface area contributed by atoms with Gasteiger partial charge in [0.15, 0.2) is 0 Å². The molecule has 0 spiro atoms. The standard InChI is InChI=1S/C13H23N3/c1-3-5-14-8-11-7-12(11)13-9-15-10-16(13)6-4-2/h9-12,14H,3-8H2,1-2H3. The van der Waals surface area contributed by atoms with Gasteiger partial charge in [-0.15, -0.1) is 0 Å². The van der Waals surface area contributed by atoms with Crippen molar-refractivity contribution in [3.63, 3.8) is 0 Å². The van der Waals surface area contributed by atoms with Crippen LogP contribution in [0.4, 0.5) is 0 Å². The van der Waals surface area contributed by atoms with Gasteiger partial charge in [-0.2, -0.15) is 0 Å². The minimum atomic E-state index is 0.762. The molecular weight excluding hydrogens is 198 g/mol. The minimum absolute atomic E-state index is 0.762. The number of nitrogens with zero attached hydrogens (tertiary/aromatic N) is 2. The third kappa shape index (κ3) is 2.64. The second-order valence-corrected chi connectivity index (χ2v) is 4.82. The zero-order valence-corrected chi connectivity index (χ0v) is 10.4. The van der Waals surface area contributed by atoms with Crippen LogP contribution in [0.5, 0.6) is 0 Å². The van der Waals surface area contributed by atoms with Crippen molar-refractivity contribution < 1.29 is 0 Å². The molecule has 0 amide bonds. The molecule has 90 valence electrons. The zero-order chi connectivity index (χ0) is 11.4. The topological polar surface area (TPSA) is 29.9 Å². The van der Waals surface area contributed by atoms with Crippen LogP contribution in [0.3, 0.4) is 0 Å². The number of imidazole rings is 1. The molecule has 2 unspecified atom stereocenters. The Morgan fingerprint density at radius 3 is 3.06 bits per heavy atom. The molecular formula is C13H23N3. The van der Waals surface area contributed by atoms with Crippen molar-refractivity contribution in [1.29, 1.82) is 0 Å². The number of nitrogens with one attached hydrogen (secondary N) is 1. The van der Waals surface area contributed by atoms with E-state index in [1.165, 1.54) is 31.5 Å². The summed E-state index contributed by atoms with van der Waals surface area (Å²) in [6, 6.07) is 0. The van der Waals surface area contributed by atoms with Crippen molar-refractivity contribution >= 4 is 0 Å². The molecule has 0 radical (unpaired) electrons. The van der Waals surface area contributed by atoms with Crippen molar-refractivity contribution in [3.05, 3.63) is 18.2 Å². The molecule has 2 atom stereocenters. The van der Waals surface area contributed by atoms with E-state index in [1.807, 2.05) is 6.33 Å². The maximum atomic E-state index is 4.28. The van der Waals surface area contributed by atoms with Crippen molar-refractivity contribution in [2.45, 2.75) is 45.6 Å². The summed E-state index contributed by atoms with van der Waals surface area (Å²) in [5, 5.41) is 3.51. The quantitative estimate of drug-likeness (QED) is 0.717. The maximum absolute atomic E-state index is 4.28. The Kier molecular flexibility index (Phi) is 3.99. The highest BCUT2D eigenvalue weighted by molar-refractivity contribution is 5.16. The summed E-state index contributed by atoms with van der Waals surface area (Å²) < 4.78 is 2.32. The number of hydrogen-bond donors (Lipinski definition) is 1. The number of rotatable bonds is 7. The molecule has 0 saturated heterocycles. The monoisotopic (exact) mass is 221 g/mol. The lowest BCUT2D eigenvalue weighted by molar-refractivity contribution is 0.599. The van der Waals surface area contributed by atoms with Crippen LogP contribution >= 0.6 is 0 Å². The average Bonchev–Trinajstić information content (AvgIpc) is 2.90. The Hall–Kier alpha value is -0.830. The van der Waals surface area contributed by atoms with Crippen LogP contribution in [0.1, 0.15) is 44.7 Å². The summed E-state index contributed by atoms with van der Waals surface area (Å²) >= 11 is 0. The fraction of sp³-hybridized carbons (Fsp3) is 0.769. The number of hydrogen-bond acceptors (Lipinski definition) is 2. The first-order chi connectivity index (χ1) is 7.86. The van der Waals surface area contributed by atoms with Crippen molar-refractivity contribution in [2.24, 2.45) is 5.92 Å². The molecule has 1 N–H and O–H groups in total. The number of aryl methyl sites for hydroxylation is 1. The highest BCUT2D eigenvalue weighted by Crippen LogP contribution is 2.46. The smallest absolute Gasteiger partial charge is 0.0948 e. The zero-order valence-electron chi connectivity index (χ0n) is 10.4. The fourth-order valence-corrected chi connectivity index (χ4v) is 2.37. The summed E-state index contributed by atoms with van der Waals surface area (Å²) in [6.45, 7) is 7.87. The second kappa shape index (κ2) is 5.48. The molecule has 1 aromatic heterocycles. The van der Waals surface area contributed by atoms with E-state index in [0.717, 1.165) is 24.9 Å². The van der Waals surface area contributed by atoms with Crippen LogP contribution in [0.25, 0.3) is 0 Å². The molecule has 3 heteroatoms. The van der Waals surface area contributed by atoms with E-state index < -0.39 is 0 Å². The maximum Gasteiger partial charge on any atom is 0.0948 e. The van der Waals surface area contributed by atoms with Crippen molar-refractivity contribution in [2.75, 3.05) is 13.1 Å². The second-order valence-electron chi connectivity index (χ2n) is 4.82. The molecule has 1 fully saturated rings. The summed E-state index contributed by atoms with van der Waals surface area (Å²) in [5.41, 5.74) is 1.45. The van der Waals surface area contributed by atoms with Crippen LogP contribution < -0.4 is 5.32 Å². The summed E-state index contributed by atoms with van der Waals surface area (Å²) in [6.07, 6.45) is 7.79. The van der Waals surface area contributed by atoms with Gasteiger partial charge in [-0.3, -0.25) is 0 Å². The molecule has 3 nitrogen and oxygen atoms in total. The predicted molar refractivity (Wildman–Crippen MR) is 66.5 cm³/mol. The van der Waals surface area contributed by atoms with E-state index in [9.17, 15) is 0 Å². The summed E-state index contributed by atoms with van der Waals surface area (Å²) in [5.74, 6) is 1.61. The minimum Gasteiger partial charge on any atom is -0.334 e. The molecule has 1 aliphatic carbocycles. The fourth-order valence-electron chi connectivity index (χ4n) is 2.37. The summed E-state index contributed by atoms with van der Waals surface area (Å²) in [4.78, 5) is 4.28. The van der Waals surface area contributed by atoms with Gasteiger partial charge in [-0.25, -0.2) is 4.98 Å². The van der Waals surface area contributed by atoms with Gasteiger partial charge in [0.05, 0.1) is 6.33 Å². The van der Waals surface area contributed by atoms with Gasteiger partial charge in [0, 0.05) is 24.4 Å². The van der Waals surface area contributed by atoms with Gasteiger partial charge in [0.25, 0.3) is 0 Å². The number of aromatic nitrogens is 2. The normalized spacial score (nSPS) is 23.6. The molecule has 1 heterocycles. The van der Waals surface area contributed by atoms with Crippen LogP contribution in [0.15, 0.2) is 12.5 Å². The highest BCUT2D eigenvalue weighted by atomic mass is 15.1. The van der Waals surface area contributed by atoms with E-state index in [1.54, 1.807) is 0 Å². The molecule has 1 aliphatic rings. The first kappa shape index (κ1) is 11.6. The van der Waals surface area contributed by atoms with E-state index in [0.29, 0.717) is 0 Å². The third-order valence-electron chi connectivity index (χ3n) is 3.34. The van der Waals surface area contributed by atoms with Gasteiger partial charge >= 0.3 is 0 Å². The van der Waals surface area contributed by atoms with E-state index >= 15 is 0 Å². The Morgan fingerprint density at radius 2 is 2.31 bits per heavy atom. The highest BCUT2D eigenvalue weighted by Gasteiger charge is 2.39. The van der Waals surface area contributed by atoms with E-state index in [4.69, 9.17) is 0 Å². The molecule has 1 saturated carbocycles. The average molecular weight is 221 g/mol. The van der Waals surface area contributed by atoms with Gasteiger partial charge in [0.2, 0.25) is 0 Å². The van der Waals surface area contributed by atoms with Gasteiger partial charge in [0.1, 0.15) is 0 Å².